The van der Waals surface area contributed by atoms with Crippen molar-refractivity contribution < 1.29 is 0 Å². The summed E-state index contributed by atoms with van der Waals surface area (Å²) >= 11 is 0. The van der Waals surface area contributed by atoms with E-state index in [9.17, 15) is 4.79 Å². The van der Waals surface area contributed by atoms with Crippen LogP contribution in [0.5, 0.6) is 0 Å². The van der Waals surface area contributed by atoms with Gasteiger partial charge in [-0.1, -0.05) is 38.1 Å². The number of benzene rings is 1. The van der Waals surface area contributed by atoms with Gasteiger partial charge < -0.3 is 4.98 Å². The van der Waals surface area contributed by atoms with Crippen LogP contribution in [-0.2, 0) is 0 Å². The summed E-state index contributed by atoms with van der Waals surface area (Å²) in [7, 11) is 0. The van der Waals surface area contributed by atoms with Crippen molar-refractivity contribution >= 4 is 10.8 Å². The van der Waals surface area contributed by atoms with Crippen molar-refractivity contribution in [3.63, 3.8) is 0 Å². The quantitative estimate of drug-likeness (QED) is 0.774. The molecule has 0 atom stereocenters. The minimum absolute atomic E-state index is 0.0852. The second kappa shape index (κ2) is 4.89. The smallest absolute Gasteiger partial charge is 0.254 e. The first-order valence-corrected chi connectivity index (χ1v) is 6.59. The summed E-state index contributed by atoms with van der Waals surface area (Å²) in [5.74, 6) is 0.0985. The Kier molecular flexibility index (Phi) is 3.06. The molecule has 0 aliphatic carbocycles. The van der Waals surface area contributed by atoms with Crippen LogP contribution < -0.4 is 5.56 Å². The third-order valence-electron chi connectivity index (χ3n) is 3.39. The summed E-state index contributed by atoms with van der Waals surface area (Å²) in [5.41, 5.74) is 2.23. The molecule has 0 unspecified atom stereocenters. The van der Waals surface area contributed by atoms with Gasteiger partial charge >= 0.3 is 0 Å². The Bertz CT molecular complexity index is 816. The lowest BCUT2D eigenvalue weighted by Crippen LogP contribution is -2.16. The van der Waals surface area contributed by atoms with Crippen molar-refractivity contribution in [1.82, 2.24) is 15.0 Å². The second-order valence-electron chi connectivity index (χ2n) is 5.06. The fourth-order valence-corrected chi connectivity index (χ4v) is 2.47. The van der Waals surface area contributed by atoms with E-state index in [0.29, 0.717) is 11.3 Å². The topological polar surface area (TPSA) is 58.6 Å². The van der Waals surface area contributed by atoms with Crippen molar-refractivity contribution in [3.8, 4) is 11.3 Å². The maximum Gasteiger partial charge on any atom is 0.254 e. The van der Waals surface area contributed by atoms with Crippen LogP contribution in [0.1, 0.15) is 25.3 Å². The lowest BCUT2D eigenvalue weighted by atomic mass is 9.96. The first-order chi connectivity index (χ1) is 9.68. The van der Waals surface area contributed by atoms with Crippen molar-refractivity contribution in [2.24, 2.45) is 0 Å². The van der Waals surface area contributed by atoms with Gasteiger partial charge in [0, 0.05) is 28.9 Å². The van der Waals surface area contributed by atoms with Crippen LogP contribution in [0.2, 0.25) is 0 Å². The summed E-state index contributed by atoms with van der Waals surface area (Å²) in [5, 5.41) is 2.10. The van der Waals surface area contributed by atoms with Crippen LogP contribution >= 0.6 is 0 Å². The van der Waals surface area contributed by atoms with Gasteiger partial charge in [-0.05, 0) is 11.3 Å². The standard InChI is InChI=1S/C16H15N3O/c1-10(2)14-15(18-9-19-16(14)20)13-8-17-7-11-5-3-4-6-12(11)13/h3-10H,1-2H3,(H,18,19,20). The van der Waals surface area contributed by atoms with Gasteiger partial charge in [-0.15, -0.1) is 0 Å². The van der Waals surface area contributed by atoms with Gasteiger partial charge in [-0.2, -0.15) is 0 Å². The van der Waals surface area contributed by atoms with E-state index in [0.717, 1.165) is 16.3 Å². The number of pyridine rings is 1. The molecule has 4 nitrogen and oxygen atoms in total. The molecule has 0 aliphatic heterocycles. The van der Waals surface area contributed by atoms with E-state index < -0.39 is 0 Å². The molecule has 0 amide bonds. The minimum atomic E-state index is -0.0852. The molecule has 4 heteroatoms. The van der Waals surface area contributed by atoms with Gasteiger partial charge in [-0.25, -0.2) is 4.98 Å². The Morgan fingerprint density at radius 3 is 2.75 bits per heavy atom. The highest BCUT2D eigenvalue weighted by atomic mass is 16.1. The van der Waals surface area contributed by atoms with Gasteiger partial charge in [0.05, 0.1) is 12.0 Å². The normalized spacial score (nSPS) is 11.2. The van der Waals surface area contributed by atoms with E-state index in [1.165, 1.54) is 6.33 Å². The number of aromatic nitrogens is 3. The van der Waals surface area contributed by atoms with Crippen molar-refractivity contribution in [1.29, 1.82) is 0 Å². The lowest BCUT2D eigenvalue weighted by Gasteiger charge is -2.11. The zero-order chi connectivity index (χ0) is 14.1. The Morgan fingerprint density at radius 2 is 1.95 bits per heavy atom. The van der Waals surface area contributed by atoms with Crippen molar-refractivity contribution in [2.45, 2.75) is 19.8 Å². The summed E-state index contributed by atoms with van der Waals surface area (Å²) in [6, 6.07) is 7.99. The fraction of sp³-hybridized carbons (Fsp3) is 0.188. The number of hydrogen-bond donors (Lipinski definition) is 1. The molecule has 2 heterocycles. The molecule has 0 spiro atoms. The fourth-order valence-electron chi connectivity index (χ4n) is 2.47. The third-order valence-corrected chi connectivity index (χ3v) is 3.39. The predicted octanol–water partition coefficient (Wildman–Crippen LogP) is 3.11. The zero-order valence-corrected chi connectivity index (χ0v) is 11.4. The van der Waals surface area contributed by atoms with E-state index in [-0.39, 0.29) is 11.5 Å². The second-order valence-corrected chi connectivity index (χ2v) is 5.06. The SMILES string of the molecule is CC(C)c1c(-c2cncc3ccccc23)nc[nH]c1=O. The molecule has 1 N–H and O–H groups in total. The van der Waals surface area contributed by atoms with Crippen LogP contribution in [-0.4, -0.2) is 15.0 Å². The molecule has 1 aromatic carbocycles. The van der Waals surface area contributed by atoms with Gasteiger partial charge in [-0.3, -0.25) is 9.78 Å². The first kappa shape index (κ1) is 12.5. The molecule has 3 aromatic rings. The van der Waals surface area contributed by atoms with Crippen LogP contribution in [0, 0.1) is 0 Å². The molecule has 100 valence electrons. The Balaban J connectivity index is 2.38. The van der Waals surface area contributed by atoms with Gasteiger partial charge in [0.1, 0.15) is 0 Å². The van der Waals surface area contributed by atoms with Crippen LogP contribution in [0.15, 0.2) is 47.8 Å². The number of fused-ring (bicyclic) bond motifs is 1. The van der Waals surface area contributed by atoms with Crippen LogP contribution in [0.4, 0.5) is 0 Å². The Hall–Kier alpha value is -2.49. The molecule has 0 bridgehead atoms. The predicted molar refractivity (Wildman–Crippen MR) is 79.7 cm³/mol. The number of H-pyrrole nitrogens is 1. The van der Waals surface area contributed by atoms with Crippen LogP contribution in [0.3, 0.4) is 0 Å². The highest BCUT2D eigenvalue weighted by Crippen LogP contribution is 2.29. The molecule has 0 saturated carbocycles. The van der Waals surface area contributed by atoms with Crippen molar-refractivity contribution in [2.75, 3.05) is 0 Å². The molecule has 20 heavy (non-hydrogen) atoms. The molecule has 0 saturated heterocycles. The summed E-state index contributed by atoms with van der Waals surface area (Å²) in [4.78, 5) is 23.4. The van der Waals surface area contributed by atoms with E-state index >= 15 is 0 Å². The Morgan fingerprint density at radius 1 is 1.15 bits per heavy atom. The summed E-state index contributed by atoms with van der Waals surface area (Å²) < 4.78 is 0. The number of hydrogen-bond acceptors (Lipinski definition) is 3. The van der Waals surface area contributed by atoms with E-state index in [4.69, 9.17) is 0 Å². The Labute approximate surface area is 116 Å². The van der Waals surface area contributed by atoms with Gasteiger partial charge in [0.25, 0.3) is 5.56 Å². The number of aromatic amines is 1. The monoisotopic (exact) mass is 265 g/mol. The molecule has 3 rings (SSSR count). The number of nitrogens with zero attached hydrogens (tertiary/aromatic N) is 2. The maximum absolute atomic E-state index is 12.1. The van der Waals surface area contributed by atoms with E-state index in [2.05, 4.69) is 15.0 Å². The molecular formula is C16H15N3O. The molecule has 0 fully saturated rings. The highest BCUT2D eigenvalue weighted by molar-refractivity contribution is 5.95. The minimum Gasteiger partial charge on any atom is -0.313 e. The van der Waals surface area contributed by atoms with E-state index in [1.807, 2.05) is 44.3 Å². The number of nitrogens with one attached hydrogen (secondary N) is 1. The largest absolute Gasteiger partial charge is 0.313 e. The molecular weight excluding hydrogens is 250 g/mol. The van der Waals surface area contributed by atoms with Crippen molar-refractivity contribution in [3.05, 3.63) is 58.9 Å². The summed E-state index contributed by atoms with van der Waals surface area (Å²) in [6.07, 6.45) is 5.04. The summed E-state index contributed by atoms with van der Waals surface area (Å²) in [6.45, 7) is 3.99. The zero-order valence-electron chi connectivity index (χ0n) is 11.4. The average Bonchev–Trinajstić information content (AvgIpc) is 2.46. The molecule has 0 aliphatic rings. The highest BCUT2D eigenvalue weighted by Gasteiger charge is 2.16. The van der Waals surface area contributed by atoms with Gasteiger partial charge in [0.2, 0.25) is 0 Å². The van der Waals surface area contributed by atoms with Gasteiger partial charge in [0.15, 0.2) is 0 Å². The third kappa shape index (κ3) is 1.99. The van der Waals surface area contributed by atoms with E-state index in [1.54, 1.807) is 6.20 Å². The first-order valence-electron chi connectivity index (χ1n) is 6.59. The van der Waals surface area contributed by atoms with Crippen LogP contribution in [0.25, 0.3) is 22.0 Å². The maximum atomic E-state index is 12.1. The molecule has 0 radical (unpaired) electrons. The average molecular weight is 265 g/mol. The number of rotatable bonds is 2. The lowest BCUT2D eigenvalue weighted by molar-refractivity contribution is 0.834. The molecule has 2 aromatic heterocycles.